The summed E-state index contributed by atoms with van der Waals surface area (Å²) in [5, 5.41) is 10.1. The summed E-state index contributed by atoms with van der Waals surface area (Å²) in [6.45, 7) is 6.33. The second-order valence-corrected chi connectivity index (χ2v) is 9.05. The van der Waals surface area contributed by atoms with Crippen molar-refractivity contribution >= 4 is 29.1 Å². The van der Waals surface area contributed by atoms with Gasteiger partial charge in [0.2, 0.25) is 5.91 Å². The Morgan fingerprint density at radius 2 is 2.10 bits per heavy atom. The zero-order chi connectivity index (χ0) is 21.7. The van der Waals surface area contributed by atoms with Crippen LogP contribution in [0.3, 0.4) is 0 Å². The van der Waals surface area contributed by atoms with E-state index in [9.17, 15) is 4.79 Å². The van der Waals surface area contributed by atoms with Gasteiger partial charge in [-0.2, -0.15) is 0 Å². The fourth-order valence-electron chi connectivity index (χ4n) is 3.95. The van der Waals surface area contributed by atoms with Gasteiger partial charge in [-0.25, -0.2) is 15.0 Å². The van der Waals surface area contributed by atoms with Gasteiger partial charge in [-0.05, 0) is 43.7 Å². The largest absolute Gasteiger partial charge is 0.381 e. The highest BCUT2D eigenvalue weighted by Crippen LogP contribution is 2.31. The van der Waals surface area contributed by atoms with Crippen LogP contribution in [0, 0.1) is 11.3 Å². The molecule has 0 radical (unpaired) electrons. The number of hydrogen-bond donors (Lipinski definition) is 3. The van der Waals surface area contributed by atoms with E-state index >= 15 is 0 Å². The summed E-state index contributed by atoms with van der Waals surface area (Å²) in [5.41, 5.74) is 1.57. The van der Waals surface area contributed by atoms with E-state index in [0.717, 1.165) is 57.8 Å². The number of aromatic nitrogens is 3. The summed E-state index contributed by atoms with van der Waals surface area (Å²) in [7, 11) is 0. The van der Waals surface area contributed by atoms with Gasteiger partial charge in [0.1, 0.15) is 18.0 Å². The van der Waals surface area contributed by atoms with E-state index in [-0.39, 0.29) is 17.2 Å². The first-order valence-corrected chi connectivity index (χ1v) is 11.2. The smallest absolute Gasteiger partial charge is 0.229 e. The van der Waals surface area contributed by atoms with E-state index in [1.807, 2.05) is 6.07 Å². The maximum absolute atomic E-state index is 12.6. The van der Waals surface area contributed by atoms with Gasteiger partial charge in [-0.15, -0.1) is 0 Å². The van der Waals surface area contributed by atoms with Crippen LogP contribution in [0.15, 0.2) is 24.7 Å². The van der Waals surface area contributed by atoms with Gasteiger partial charge in [-0.1, -0.05) is 18.5 Å². The van der Waals surface area contributed by atoms with Crippen molar-refractivity contribution in [3.05, 3.63) is 29.7 Å². The molecule has 2 saturated heterocycles. The van der Waals surface area contributed by atoms with E-state index in [2.05, 4.69) is 37.8 Å². The number of piperidine rings is 1. The van der Waals surface area contributed by atoms with Crippen LogP contribution in [0.2, 0.25) is 5.02 Å². The van der Waals surface area contributed by atoms with E-state index in [4.69, 9.17) is 16.3 Å². The monoisotopic (exact) mass is 444 g/mol. The van der Waals surface area contributed by atoms with Crippen molar-refractivity contribution in [2.45, 2.75) is 32.6 Å². The number of ether oxygens (including phenoxy) is 1. The number of halogens is 1. The molecule has 0 aromatic carbocycles. The lowest BCUT2D eigenvalue weighted by atomic mass is 9.82. The molecule has 166 valence electrons. The minimum Gasteiger partial charge on any atom is -0.381 e. The Labute approximate surface area is 187 Å². The van der Waals surface area contributed by atoms with E-state index in [1.165, 1.54) is 6.33 Å². The zero-order valence-electron chi connectivity index (χ0n) is 17.8. The first-order valence-electron chi connectivity index (χ1n) is 10.8. The third kappa shape index (κ3) is 5.70. The Hall–Kier alpha value is -2.29. The molecular formula is C22H29ClN6O2. The van der Waals surface area contributed by atoms with Gasteiger partial charge in [-0.3, -0.25) is 4.79 Å². The number of hydrogen-bond acceptors (Lipinski definition) is 7. The topological polar surface area (TPSA) is 101 Å². The highest BCUT2D eigenvalue weighted by Gasteiger charge is 2.27. The van der Waals surface area contributed by atoms with Crippen LogP contribution in [-0.2, 0) is 9.53 Å². The molecule has 4 rings (SSSR count). The number of nitrogens with zero attached hydrogens (tertiary/aromatic N) is 3. The minimum absolute atomic E-state index is 0.0253. The number of nitrogens with one attached hydrogen (secondary N) is 3. The molecule has 0 spiro atoms. The van der Waals surface area contributed by atoms with Crippen molar-refractivity contribution in [3.63, 3.8) is 0 Å². The number of pyridine rings is 1. The van der Waals surface area contributed by atoms with Gasteiger partial charge in [0.15, 0.2) is 0 Å². The molecule has 2 aliphatic heterocycles. The molecule has 1 unspecified atom stereocenters. The van der Waals surface area contributed by atoms with Crippen molar-refractivity contribution < 1.29 is 9.53 Å². The number of rotatable bonds is 6. The predicted molar refractivity (Wildman–Crippen MR) is 121 cm³/mol. The van der Waals surface area contributed by atoms with Crippen molar-refractivity contribution in [3.8, 4) is 11.3 Å². The number of anilines is 2. The van der Waals surface area contributed by atoms with Gasteiger partial charge in [0.25, 0.3) is 0 Å². The quantitative estimate of drug-likeness (QED) is 0.627. The molecule has 2 aliphatic rings. The third-order valence-corrected chi connectivity index (χ3v) is 6.41. The second-order valence-electron chi connectivity index (χ2n) is 8.65. The van der Waals surface area contributed by atoms with Crippen molar-refractivity contribution in [2.75, 3.05) is 43.5 Å². The molecule has 9 heteroatoms. The third-order valence-electron chi connectivity index (χ3n) is 6.11. The Bertz CT molecular complexity index is 913. The number of amides is 1. The Morgan fingerprint density at radius 1 is 1.26 bits per heavy atom. The van der Waals surface area contributed by atoms with Gasteiger partial charge >= 0.3 is 0 Å². The lowest BCUT2D eigenvalue weighted by Crippen LogP contribution is -2.37. The highest BCUT2D eigenvalue weighted by molar-refractivity contribution is 6.33. The SMILES string of the molecule is CC1(CNc2cc(-c3cc(NC(=O)C4CCCNC4)ncc3Cl)ncn2)CCOCC1. The van der Waals surface area contributed by atoms with Gasteiger partial charge in [0.05, 0.1) is 16.6 Å². The molecule has 3 N–H and O–H groups in total. The molecule has 2 aromatic rings. The molecule has 0 saturated carbocycles. The lowest BCUT2D eigenvalue weighted by molar-refractivity contribution is -0.120. The minimum atomic E-state index is -0.0453. The highest BCUT2D eigenvalue weighted by atomic mass is 35.5. The first kappa shape index (κ1) is 21.9. The molecule has 8 nitrogen and oxygen atoms in total. The standard InChI is InChI=1S/C22H29ClN6O2/c1-22(4-7-31-8-5-22)13-26-19-10-18(27-14-28-19)16-9-20(25-12-17(16)23)29-21(30)15-3-2-6-24-11-15/h9-10,12,14-15,24H,2-8,11,13H2,1H3,(H,25,29,30)(H,26,27,28). The fraction of sp³-hybridized carbons (Fsp3) is 0.545. The molecule has 1 amide bonds. The van der Waals surface area contributed by atoms with E-state index in [1.54, 1.807) is 12.3 Å². The summed E-state index contributed by atoms with van der Waals surface area (Å²) in [4.78, 5) is 25.6. The number of carbonyl (C=O) groups is 1. The van der Waals surface area contributed by atoms with E-state index in [0.29, 0.717) is 28.6 Å². The molecule has 0 aliphatic carbocycles. The summed E-state index contributed by atoms with van der Waals surface area (Å²) >= 11 is 6.41. The van der Waals surface area contributed by atoms with Gasteiger partial charge in [0, 0.05) is 44.1 Å². The lowest BCUT2D eigenvalue weighted by Gasteiger charge is -2.33. The van der Waals surface area contributed by atoms with Crippen LogP contribution in [0.5, 0.6) is 0 Å². The van der Waals surface area contributed by atoms with Crippen molar-refractivity contribution in [1.29, 1.82) is 0 Å². The van der Waals surface area contributed by atoms with Crippen LogP contribution < -0.4 is 16.0 Å². The fourth-order valence-corrected chi connectivity index (χ4v) is 4.15. The average Bonchev–Trinajstić information content (AvgIpc) is 2.80. The van der Waals surface area contributed by atoms with E-state index < -0.39 is 0 Å². The Balaban J connectivity index is 1.46. The molecule has 2 aromatic heterocycles. The second kappa shape index (κ2) is 9.89. The molecular weight excluding hydrogens is 416 g/mol. The summed E-state index contributed by atoms with van der Waals surface area (Å²) < 4.78 is 5.48. The normalized spacial score (nSPS) is 20.8. The van der Waals surface area contributed by atoms with Crippen molar-refractivity contribution in [2.24, 2.45) is 11.3 Å². The molecule has 31 heavy (non-hydrogen) atoms. The maximum atomic E-state index is 12.6. The maximum Gasteiger partial charge on any atom is 0.229 e. The number of carbonyl (C=O) groups excluding carboxylic acids is 1. The summed E-state index contributed by atoms with van der Waals surface area (Å²) in [6.07, 6.45) is 6.99. The predicted octanol–water partition coefficient (Wildman–Crippen LogP) is 3.36. The molecule has 4 heterocycles. The Kier molecular flexibility index (Phi) is 6.99. The summed E-state index contributed by atoms with van der Waals surface area (Å²) in [6, 6.07) is 3.64. The molecule has 1 atom stereocenters. The summed E-state index contributed by atoms with van der Waals surface area (Å²) in [5.74, 6) is 1.14. The van der Waals surface area contributed by atoms with Crippen LogP contribution >= 0.6 is 11.6 Å². The Morgan fingerprint density at radius 3 is 2.87 bits per heavy atom. The van der Waals surface area contributed by atoms with Crippen LogP contribution in [0.1, 0.15) is 32.6 Å². The van der Waals surface area contributed by atoms with Crippen LogP contribution in [-0.4, -0.2) is 53.7 Å². The average molecular weight is 445 g/mol. The van der Waals surface area contributed by atoms with Crippen molar-refractivity contribution in [1.82, 2.24) is 20.3 Å². The zero-order valence-corrected chi connectivity index (χ0v) is 18.5. The van der Waals surface area contributed by atoms with Crippen LogP contribution in [0.4, 0.5) is 11.6 Å². The molecule has 2 fully saturated rings. The molecule has 0 bridgehead atoms. The first-order chi connectivity index (χ1) is 15.0. The van der Waals surface area contributed by atoms with Gasteiger partial charge < -0.3 is 20.7 Å². The van der Waals surface area contributed by atoms with Crippen LogP contribution in [0.25, 0.3) is 11.3 Å².